The Morgan fingerprint density at radius 3 is 1.21 bits per heavy atom. The van der Waals surface area contributed by atoms with E-state index in [1.165, 1.54) is 175 Å². The van der Waals surface area contributed by atoms with E-state index < -0.39 is 0 Å². The van der Waals surface area contributed by atoms with Gasteiger partial charge in [0.05, 0.1) is 5.56 Å². The predicted octanol–water partition coefficient (Wildman–Crippen LogP) is 17.5. The fraction of sp³-hybridized carbons (Fsp3) is 0.349. The second-order valence-electron chi connectivity index (χ2n) is 29.1. The molecular formula is C86H104N12+4. The van der Waals surface area contributed by atoms with Crippen LogP contribution in [0.5, 0.6) is 0 Å². The molecule has 98 heavy (non-hydrogen) atoms. The summed E-state index contributed by atoms with van der Waals surface area (Å²) in [4.78, 5) is 18.1. The van der Waals surface area contributed by atoms with Crippen molar-refractivity contribution in [3.63, 3.8) is 0 Å². The van der Waals surface area contributed by atoms with E-state index in [4.69, 9.17) is 0 Å². The minimum absolute atomic E-state index is 0.279. The van der Waals surface area contributed by atoms with Crippen LogP contribution >= 0.6 is 0 Å². The Labute approximate surface area is 583 Å². The number of aromatic nitrogens is 12. The molecule has 4 aromatic carbocycles. The third-order valence-electron chi connectivity index (χ3n) is 20.4. The molecule has 12 heteroatoms. The van der Waals surface area contributed by atoms with Crippen molar-refractivity contribution in [1.82, 2.24) is 38.2 Å². The Morgan fingerprint density at radius 1 is 0.367 bits per heavy atom. The van der Waals surface area contributed by atoms with Crippen LogP contribution in [0.25, 0.3) is 90.6 Å². The highest BCUT2D eigenvalue weighted by molar-refractivity contribution is 5.77. The van der Waals surface area contributed by atoms with Crippen LogP contribution < -0.4 is 18.3 Å². The van der Waals surface area contributed by atoms with Gasteiger partial charge in [-0.2, -0.15) is 0 Å². The van der Waals surface area contributed by atoms with E-state index in [-0.39, 0.29) is 5.41 Å². The number of nitrogens with zero attached hydrogens (tertiary/aromatic N) is 12. The topological polar surface area (TPSA) is 86.8 Å². The zero-order chi connectivity index (χ0) is 69.5. The van der Waals surface area contributed by atoms with Gasteiger partial charge in [-0.05, 0) is 172 Å². The average Bonchev–Trinajstić information content (AvgIpc) is 0.936. The largest absolute Gasteiger partial charge is 0.334 e. The van der Waals surface area contributed by atoms with E-state index in [9.17, 15) is 0 Å². The maximum Gasteiger partial charge on any atom is 0.212 e. The van der Waals surface area contributed by atoms with Crippen LogP contribution in [0.4, 0.5) is 0 Å². The molecule has 2 aliphatic rings. The first kappa shape index (κ1) is 69.7. The molecule has 2 fully saturated rings. The van der Waals surface area contributed by atoms with Crippen LogP contribution in [0.1, 0.15) is 140 Å². The van der Waals surface area contributed by atoms with Gasteiger partial charge in [-0.15, -0.1) is 0 Å². The standard InChI is InChI=1S/C23H28N3.C22H26N3.C22H28N3.C19H22N3/c1-17-20(10-7-11-21(17)23-24-13-15-26(23)3)22-16-19(12-14-25(22)2)18-8-5-4-6-9-18;1-16-19(9-6-10-20(16)22-23-13-14-24(22)2)21-12-11-18(15-25(21)3)17-7-4-5-8-17;1-16-18(8-7-9-19(16)21-23-11-13-25(21)6)20-14-17(10-12-24(20)5)15-22(2,3)4;1-13-6-8-21(4)18(12-13)16-10-14(2)11-17(15(16)3)19-20-7-9-22(19)5/h7,10-16,18H,4-6,8-9H2,1-3H3;6,9-15,17H,4-5,7-8H2,1-3H3;7-14H,15H2,1-6H3;6-12H,1-5H3/q4*+1. The molecule has 14 rings (SSSR count). The van der Waals surface area contributed by atoms with E-state index in [1.807, 2.05) is 70.7 Å². The number of rotatable bonds is 11. The molecule has 0 atom stereocenters. The molecule has 8 aromatic heterocycles. The number of hydrogen-bond donors (Lipinski definition) is 0. The minimum Gasteiger partial charge on any atom is -0.334 e. The van der Waals surface area contributed by atoms with Crippen LogP contribution in [0, 0.1) is 47.0 Å². The second kappa shape index (κ2) is 30.4. The summed E-state index contributed by atoms with van der Waals surface area (Å²) in [5.41, 5.74) is 27.2. The number of benzene rings is 4. The maximum absolute atomic E-state index is 4.55. The minimum atomic E-state index is 0.279. The summed E-state index contributed by atoms with van der Waals surface area (Å²) in [6.07, 6.45) is 37.6. The highest BCUT2D eigenvalue weighted by Crippen LogP contribution is 2.39. The Morgan fingerprint density at radius 2 is 0.755 bits per heavy atom. The summed E-state index contributed by atoms with van der Waals surface area (Å²) >= 11 is 0. The van der Waals surface area contributed by atoms with Gasteiger partial charge < -0.3 is 18.3 Å². The quantitative estimate of drug-likeness (QED) is 0.121. The molecule has 8 heterocycles. The van der Waals surface area contributed by atoms with Crippen molar-refractivity contribution in [2.45, 2.75) is 138 Å². The van der Waals surface area contributed by atoms with Crippen molar-refractivity contribution in [1.29, 1.82) is 0 Å². The lowest BCUT2D eigenvalue weighted by Gasteiger charge is -2.22. The molecule has 0 bridgehead atoms. The van der Waals surface area contributed by atoms with Crippen molar-refractivity contribution >= 4 is 0 Å². The van der Waals surface area contributed by atoms with Gasteiger partial charge in [0.25, 0.3) is 0 Å². The van der Waals surface area contributed by atoms with Gasteiger partial charge >= 0.3 is 0 Å². The Kier molecular flexibility index (Phi) is 21.6. The van der Waals surface area contributed by atoms with Crippen LogP contribution in [0.2, 0.25) is 0 Å². The molecule has 0 spiro atoms. The van der Waals surface area contributed by atoms with Gasteiger partial charge in [0, 0.05) is 165 Å². The molecule has 0 amide bonds. The van der Waals surface area contributed by atoms with Gasteiger partial charge in [0.15, 0.2) is 24.8 Å². The number of pyridine rings is 4. The zero-order valence-electron chi connectivity index (χ0n) is 61.5. The average molecular weight is 1310 g/mol. The summed E-state index contributed by atoms with van der Waals surface area (Å²) in [5, 5.41) is 0. The SMILES string of the molecule is Cc1c(-c2nccn2C)cccc1-c1cc(C2CCCCC2)cc[n+]1C.Cc1c(-c2nccn2C)cccc1-c1cc(CC(C)(C)C)cc[n+]1C.Cc1c(-c2nccn2C)cccc1-c1ccc(C2CCCC2)c[n+]1C.Cc1cc(-c2nccn2C)c(C)c(-c2cc(C)cc[n+]2C)c1. The summed E-state index contributed by atoms with van der Waals surface area (Å²) < 4.78 is 17.2. The zero-order valence-corrected chi connectivity index (χ0v) is 61.5. The monoisotopic (exact) mass is 1300 g/mol. The lowest BCUT2D eigenvalue weighted by molar-refractivity contribution is -0.661. The fourth-order valence-corrected chi connectivity index (χ4v) is 14.8. The predicted molar refractivity (Wildman–Crippen MR) is 400 cm³/mol. The summed E-state index contributed by atoms with van der Waals surface area (Å²) in [6, 6.07) is 42.3. The van der Waals surface area contributed by atoms with Gasteiger partial charge in [-0.1, -0.05) is 89.3 Å². The normalized spacial score (nSPS) is 13.4. The molecule has 0 N–H and O–H groups in total. The maximum atomic E-state index is 4.55. The molecule has 0 unspecified atom stereocenters. The fourth-order valence-electron chi connectivity index (χ4n) is 14.8. The Balaban J connectivity index is 0.000000132. The van der Waals surface area contributed by atoms with Crippen LogP contribution in [-0.4, -0.2) is 38.2 Å². The van der Waals surface area contributed by atoms with Crippen molar-refractivity contribution in [2.24, 2.45) is 61.8 Å². The lowest BCUT2D eigenvalue weighted by atomic mass is 9.84. The van der Waals surface area contributed by atoms with Crippen LogP contribution in [-0.2, 0) is 62.8 Å². The van der Waals surface area contributed by atoms with E-state index in [0.717, 1.165) is 41.6 Å². The second-order valence-corrected chi connectivity index (χ2v) is 29.1. The van der Waals surface area contributed by atoms with Gasteiger partial charge in [-0.25, -0.2) is 38.2 Å². The molecular weight excluding hydrogens is 1200 g/mol. The van der Waals surface area contributed by atoms with Crippen molar-refractivity contribution in [3.8, 4) is 90.6 Å². The van der Waals surface area contributed by atoms with Gasteiger partial charge in [-0.3, -0.25) is 0 Å². The Hall–Kier alpha value is -9.68. The molecule has 504 valence electrons. The van der Waals surface area contributed by atoms with Crippen molar-refractivity contribution in [3.05, 3.63) is 240 Å². The number of imidazole rings is 4. The first-order valence-corrected chi connectivity index (χ1v) is 35.3. The number of hydrogen-bond acceptors (Lipinski definition) is 4. The first-order chi connectivity index (χ1) is 47.0. The van der Waals surface area contributed by atoms with E-state index in [2.05, 4.69) is 294 Å². The third kappa shape index (κ3) is 15.7. The molecule has 12 nitrogen and oxygen atoms in total. The van der Waals surface area contributed by atoms with Crippen LogP contribution in [0.15, 0.2) is 190 Å². The van der Waals surface area contributed by atoms with Crippen molar-refractivity contribution < 1.29 is 18.3 Å². The van der Waals surface area contributed by atoms with Gasteiger partial charge in [0.1, 0.15) is 51.5 Å². The van der Waals surface area contributed by atoms with Gasteiger partial charge in [0.2, 0.25) is 22.8 Å². The molecule has 0 saturated heterocycles. The lowest BCUT2D eigenvalue weighted by Crippen LogP contribution is -2.31. The smallest absolute Gasteiger partial charge is 0.212 e. The summed E-state index contributed by atoms with van der Waals surface area (Å²) in [7, 11) is 16.7. The highest BCUT2D eigenvalue weighted by Gasteiger charge is 2.26. The molecule has 0 aliphatic heterocycles. The molecule has 2 saturated carbocycles. The van der Waals surface area contributed by atoms with E-state index >= 15 is 0 Å². The Bertz CT molecular complexity index is 4760. The third-order valence-corrected chi connectivity index (χ3v) is 20.4. The van der Waals surface area contributed by atoms with Crippen molar-refractivity contribution in [2.75, 3.05) is 0 Å². The highest BCUT2D eigenvalue weighted by atomic mass is 15.1. The first-order valence-electron chi connectivity index (χ1n) is 35.3. The molecule has 12 aromatic rings. The molecule has 0 radical (unpaired) electrons. The summed E-state index contributed by atoms with van der Waals surface area (Å²) in [6.45, 7) is 19.9. The van der Waals surface area contributed by atoms with E-state index in [1.54, 1.807) is 0 Å². The molecule has 2 aliphatic carbocycles. The summed E-state index contributed by atoms with van der Waals surface area (Å²) in [5.74, 6) is 5.53. The van der Waals surface area contributed by atoms with Crippen LogP contribution in [0.3, 0.4) is 0 Å². The van der Waals surface area contributed by atoms with E-state index in [0.29, 0.717) is 0 Å². The number of aryl methyl sites for hydroxylation is 10.